The molecule has 26 heavy (non-hydrogen) atoms. The number of esters is 1. The fraction of sp³-hybridized carbons (Fsp3) is 0.333. The third-order valence-electron chi connectivity index (χ3n) is 4.04. The van der Waals surface area contributed by atoms with Crippen LogP contribution in [0.1, 0.15) is 6.42 Å². The summed E-state index contributed by atoms with van der Waals surface area (Å²) in [6, 6.07) is 12.8. The largest absolute Gasteiger partial charge is 0.482 e. The predicted octanol–water partition coefficient (Wildman–Crippen LogP) is 1.07. The van der Waals surface area contributed by atoms with Crippen molar-refractivity contribution in [2.75, 3.05) is 24.7 Å². The molecule has 0 spiro atoms. The molecule has 1 amide bonds. The molecule has 138 valence electrons. The number of rotatable bonds is 6. The molecule has 0 bridgehead atoms. The van der Waals surface area contributed by atoms with E-state index in [1.807, 2.05) is 36.4 Å². The molecule has 2 aromatic rings. The first kappa shape index (κ1) is 18.2. The highest BCUT2D eigenvalue weighted by Gasteiger charge is 2.29. The van der Waals surface area contributed by atoms with E-state index < -0.39 is 34.4 Å². The molecule has 0 radical (unpaired) electrons. The van der Waals surface area contributed by atoms with Crippen molar-refractivity contribution in [2.45, 2.75) is 12.5 Å². The Bertz CT molecular complexity index is 924. The van der Waals surface area contributed by atoms with Crippen LogP contribution in [0.4, 0.5) is 0 Å². The summed E-state index contributed by atoms with van der Waals surface area (Å²) in [5.41, 5.74) is 0. The van der Waals surface area contributed by atoms with Crippen LogP contribution in [0.5, 0.6) is 5.75 Å². The molecule has 0 aromatic heterocycles. The minimum Gasteiger partial charge on any atom is -0.482 e. The lowest BCUT2D eigenvalue weighted by atomic mass is 10.1. The Hall–Kier alpha value is -2.61. The lowest BCUT2D eigenvalue weighted by Gasteiger charge is -2.11. The first-order chi connectivity index (χ1) is 12.4. The van der Waals surface area contributed by atoms with Crippen molar-refractivity contribution in [3.63, 3.8) is 0 Å². The molecule has 1 saturated heterocycles. The van der Waals surface area contributed by atoms with Crippen molar-refractivity contribution in [3.8, 4) is 5.75 Å². The van der Waals surface area contributed by atoms with Crippen LogP contribution in [-0.2, 0) is 24.2 Å². The molecule has 1 aliphatic heterocycles. The van der Waals surface area contributed by atoms with Gasteiger partial charge in [-0.15, -0.1) is 0 Å². The second-order valence-electron chi connectivity index (χ2n) is 6.13. The number of amides is 1. The van der Waals surface area contributed by atoms with Gasteiger partial charge >= 0.3 is 5.97 Å². The first-order valence-corrected chi connectivity index (χ1v) is 10.0. The van der Waals surface area contributed by atoms with Crippen LogP contribution in [-0.4, -0.2) is 51.1 Å². The van der Waals surface area contributed by atoms with E-state index in [9.17, 15) is 18.0 Å². The summed E-state index contributed by atoms with van der Waals surface area (Å²) in [5, 5.41) is 4.60. The number of ether oxygens (including phenoxy) is 2. The van der Waals surface area contributed by atoms with Gasteiger partial charge in [0.1, 0.15) is 5.75 Å². The van der Waals surface area contributed by atoms with Crippen LogP contribution in [0.2, 0.25) is 0 Å². The monoisotopic (exact) mass is 377 g/mol. The van der Waals surface area contributed by atoms with Crippen molar-refractivity contribution in [3.05, 3.63) is 42.5 Å². The van der Waals surface area contributed by atoms with Crippen molar-refractivity contribution in [1.29, 1.82) is 0 Å². The molecule has 1 unspecified atom stereocenters. The van der Waals surface area contributed by atoms with E-state index in [0.29, 0.717) is 12.2 Å². The van der Waals surface area contributed by atoms with Gasteiger partial charge in [0.2, 0.25) is 0 Å². The quantitative estimate of drug-likeness (QED) is 0.756. The van der Waals surface area contributed by atoms with Crippen LogP contribution in [0, 0.1) is 0 Å². The second-order valence-corrected chi connectivity index (χ2v) is 8.35. The van der Waals surface area contributed by atoms with E-state index in [2.05, 4.69) is 5.32 Å². The molecule has 3 rings (SSSR count). The van der Waals surface area contributed by atoms with Crippen molar-refractivity contribution < 1.29 is 27.5 Å². The Morgan fingerprint density at radius 2 is 1.85 bits per heavy atom. The van der Waals surface area contributed by atoms with E-state index in [1.165, 1.54) is 0 Å². The molecule has 8 heteroatoms. The Morgan fingerprint density at radius 3 is 2.58 bits per heavy atom. The summed E-state index contributed by atoms with van der Waals surface area (Å²) in [6.07, 6.45) is 0.382. The first-order valence-electron chi connectivity index (χ1n) is 8.18. The van der Waals surface area contributed by atoms with Crippen LogP contribution in [0.15, 0.2) is 42.5 Å². The average Bonchev–Trinajstić information content (AvgIpc) is 2.96. The van der Waals surface area contributed by atoms with Crippen LogP contribution >= 0.6 is 0 Å². The van der Waals surface area contributed by atoms with Gasteiger partial charge in [-0.1, -0.05) is 30.3 Å². The van der Waals surface area contributed by atoms with Crippen molar-refractivity contribution in [2.24, 2.45) is 0 Å². The summed E-state index contributed by atoms with van der Waals surface area (Å²) in [6.45, 7) is -0.778. The van der Waals surface area contributed by atoms with Gasteiger partial charge in [-0.25, -0.2) is 13.2 Å². The van der Waals surface area contributed by atoms with Gasteiger partial charge in [0, 0.05) is 6.04 Å². The maximum absolute atomic E-state index is 11.7. The highest BCUT2D eigenvalue weighted by Crippen LogP contribution is 2.20. The van der Waals surface area contributed by atoms with Gasteiger partial charge in [-0.05, 0) is 29.3 Å². The van der Waals surface area contributed by atoms with Gasteiger partial charge in [0.25, 0.3) is 5.91 Å². The molecule has 0 saturated carbocycles. The summed E-state index contributed by atoms with van der Waals surface area (Å²) < 4.78 is 32.9. The fourth-order valence-electron chi connectivity index (χ4n) is 2.77. The lowest BCUT2D eigenvalue weighted by molar-refractivity contribution is -0.150. The fourth-order valence-corrected chi connectivity index (χ4v) is 4.44. The molecule has 1 N–H and O–H groups in total. The van der Waals surface area contributed by atoms with E-state index in [1.54, 1.807) is 6.07 Å². The molecular weight excluding hydrogens is 358 g/mol. The highest BCUT2D eigenvalue weighted by molar-refractivity contribution is 7.91. The van der Waals surface area contributed by atoms with Gasteiger partial charge in [-0.2, -0.15) is 0 Å². The van der Waals surface area contributed by atoms with E-state index in [-0.39, 0.29) is 18.1 Å². The standard InChI is InChI=1S/C18H19NO6S/c20-17(19-15-7-8-26(22,23)12-15)10-25-18(21)11-24-16-6-5-13-3-1-2-4-14(13)9-16/h1-6,9,15H,7-8,10-12H2,(H,19,20). The number of benzene rings is 2. The van der Waals surface area contributed by atoms with Crippen LogP contribution in [0.25, 0.3) is 10.8 Å². The number of sulfone groups is 1. The molecule has 2 aromatic carbocycles. The SMILES string of the molecule is O=C(COC(=O)COc1ccc2ccccc2c1)NC1CCS(=O)(=O)C1. The third kappa shape index (κ3) is 4.95. The topological polar surface area (TPSA) is 98.8 Å². The highest BCUT2D eigenvalue weighted by atomic mass is 32.2. The zero-order valence-electron chi connectivity index (χ0n) is 14.0. The summed E-state index contributed by atoms with van der Waals surface area (Å²) in [4.78, 5) is 23.4. The maximum Gasteiger partial charge on any atom is 0.344 e. The minimum atomic E-state index is -3.07. The molecule has 1 heterocycles. The average molecular weight is 377 g/mol. The molecule has 7 nitrogen and oxygen atoms in total. The zero-order chi connectivity index (χ0) is 18.6. The lowest BCUT2D eigenvalue weighted by Crippen LogP contribution is -2.38. The number of carbonyl (C=O) groups is 2. The summed E-state index contributed by atoms with van der Waals surface area (Å²) in [5.74, 6) is -0.672. The Morgan fingerprint density at radius 1 is 1.08 bits per heavy atom. The summed E-state index contributed by atoms with van der Waals surface area (Å²) in [7, 11) is -3.07. The molecule has 0 aliphatic carbocycles. The Balaban J connectivity index is 1.41. The molecular formula is C18H19NO6S. The molecule has 1 atom stereocenters. The third-order valence-corrected chi connectivity index (χ3v) is 5.81. The van der Waals surface area contributed by atoms with Crippen LogP contribution < -0.4 is 10.1 Å². The zero-order valence-corrected chi connectivity index (χ0v) is 14.8. The number of carbonyl (C=O) groups excluding carboxylic acids is 2. The maximum atomic E-state index is 11.7. The number of fused-ring (bicyclic) bond motifs is 1. The number of hydrogen-bond donors (Lipinski definition) is 1. The number of nitrogens with one attached hydrogen (secondary N) is 1. The predicted molar refractivity (Wildman–Crippen MR) is 95.6 cm³/mol. The van der Waals surface area contributed by atoms with Crippen LogP contribution in [0.3, 0.4) is 0 Å². The van der Waals surface area contributed by atoms with Gasteiger partial charge < -0.3 is 14.8 Å². The number of hydrogen-bond acceptors (Lipinski definition) is 6. The molecule has 1 aliphatic rings. The minimum absolute atomic E-state index is 0.0668. The van der Waals surface area contributed by atoms with Gasteiger partial charge in [0.05, 0.1) is 11.5 Å². The molecule has 1 fully saturated rings. The second kappa shape index (κ2) is 7.74. The van der Waals surface area contributed by atoms with Gasteiger partial charge in [0.15, 0.2) is 23.1 Å². The Labute approximate surface area is 151 Å². The Kier molecular flexibility index (Phi) is 5.41. The van der Waals surface area contributed by atoms with Gasteiger partial charge in [-0.3, -0.25) is 4.79 Å². The van der Waals surface area contributed by atoms with Crippen molar-refractivity contribution >= 4 is 32.5 Å². The van der Waals surface area contributed by atoms with E-state index >= 15 is 0 Å². The summed E-state index contributed by atoms with van der Waals surface area (Å²) >= 11 is 0. The van der Waals surface area contributed by atoms with E-state index in [4.69, 9.17) is 9.47 Å². The van der Waals surface area contributed by atoms with Crippen molar-refractivity contribution in [1.82, 2.24) is 5.32 Å². The smallest absolute Gasteiger partial charge is 0.344 e. The van der Waals surface area contributed by atoms with E-state index in [0.717, 1.165) is 10.8 Å². The normalized spacial score (nSPS) is 18.4.